The van der Waals surface area contributed by atoms with Crippen molar-refractivity contribution in [1.82, 2.24) is 14.8 Å². The number of thioether (sulfide) groups is 1. The maximum absolute atomic E-state index is 12.9. The van der Waals surface area contributed by atoms with Crippen LogP contribution in [0.15, 0.2) is 40.9 Å². The molecular formula is C23H27ClN4O2S2. The van der Waals surface area contributed by atoms with E-state index in [2.05, 4.69) is 37.6 Å². The molecule has 3 aromatic rings. The smallest absolute Gasteiger partial charge is 0.237 e. The molecule has 0 spiro atoms. The summed E-state index contributed by atoms with van der Waals surface area (Å²) in [5.74, 6) is 1.46. The third kappa shape index (κ3) is 5.47. The highest BCUT2D eigenvalue weighted by Crippen LogP contribution is 2.35. The molecule has 1 aromatic carbocycles. The molecule has 1 atom stereocenters. The van der Waals surface area contributed by atoms with Crippen LogP contribution in [0.2, 0.25) is 5.02 Å². The van der Waals surface area contributed by atoms with E-state index in [0.29, 0.717) is 22.5 Å². The minimum atomic E-state index is -0.336. The normalized spacial score (nSPS) is 15.5. The Morgan fingerprint density at radius 3 is 2.81 bits per heavy atom. The summed E-state index contributed by atoms with van der Waals surface area (Å²) >= 11 is 9.38. The van der Waals surface area contributed by atoms with Crippen LogP contribution in [0.25, 0.3) is 0 Å². The van der Waals surface area contributed by atoms with Gasteiger partial charge in [0, 0.05) is 23.0 Å². The van der Waals surface area contributed by atoms with Crippen LogP contribution in [0, 0.1) is 0 Å². The number of hydrogen-bond acceptors (Lipinski definition) is 6. The number of halogens is 1. The number of hydrogen-bond donors (Lipinski definition) is 1. The van der Waals surface area contributed by atoms with Crippen LogP contribution in [0.1, 0.15) is 55.8 Å². The van der Waals surface area contributed by atoms with Gasteiger partial charge in [-0.05, 0) is 49.4 Å². The third-order valence-electron chi connectivity index (χ3n) is 5.66. The molecular weight excluding hydrogens is 464 g/mol. The Labute approximate surface area is 201 Å². The SMILES string of the molecule is COc1ccc(NC(=O)C(C)Sc2nnc(Cc3cccs3)n2C2CCCCC2)cc1Cl. The number of methoxy groups -OCH3 is 1. The predicted molar refractivity (Wildman–Crippen MR) is 131 cm³/mol. The number of benzene rings is 1. The molecule has 2 aromatic heterocycles. The first-order chi connectivity index (χ1) is 15.5. The average Bonchev–Trinajstić information content (AvgIpc) is 3.45. The zero-order valence-electron chi connectivity index (χ0n) is 18.2. The van der Waals surface area contributed by atoms with Gasteiger partial charge in [-0.3, -0.25) is 4.79 Å². The minimum absolute atomic E-state index is 0.103. The number of thiophene rings is 1. The first-order valence-electron chi connectivity index (χ1n) is 10.8. The number of carbonyl (C=O) groups excluding carboxylic acids is 1. The average molecular weight is 491 g/mol. The first-order valence-corrected chi connectivity index (χ1v) is 13.0. The lowest BCUT2D eigenvalue weighted by Crippen LogP contribution is -2.24. The summed E-state index contributed by atoms with van der Waals surface area (Å²) in [6.45, 7) is 1.89. The van der Waals surface area contributed by atoms with Crippen molar-refractivity contribution < 1.29 is 9.53 Å². The second-order valence-corrected chi connectivity index (χ2v) is 10.7. The van der Waals surface area contributed by atoms with Crippen LogP contribution in [0.3, 0.4) is 0 Å². The monoisotopic (exact) mass is 490 g/mol. The lowest BCUT2D eigenvalue weighted by atomic mass is 9.95. The van der Waals surface area contributed by atoms with Crippen LogP contribution in [0.4, 0.5) is 5.69 Å². The fourth-order valence-corrected chi connectivity index (χ4v) is 5.88. The van der Waals surface area contributed by atoms with Gasteiger partial charge in [-0.25, -0.2) is 0 Å². The quantitative estimate of drug-likeness (QED) is 0.380. The Kier molecular flexibility index (Phi) is 7.75. The molecule has 1 fully saturated rings. The van der Waals surface area contributed by atoms with Crippen LogP contribution >= 0.6 is 34.7 Å². The topological polar surface area (TPSA) is 69.0 Å². The predicted octanol–water partition coefficient (Wildman–Crippen LogP) is 6.22. The molecule has 2 heterocycles. The van der Waals surface area contributed by atoms with E-state index < -0.39 is 0 Å². The van der Waals surface area contributed by atoms with Crippen LogP contribution in [-0.4, -0.2) is 33.0 Å². The molecule has 6 nitrogen and oxygen atoms in total. The van der Waals surface area contributed by atoms with Crippen molar-refractivity contribution in [3.63, 3.8) is 0 Å². The van der Waals surface area contributed by atoms with E-state index in [4.69, 9.17) is 16.3 Å². The van der Waals surface area contributed by atoms with E-state index in [0.717, 1.165) is 30.2 Å². The van der Waals surface area contributed by atoms with E-state index in [1.807, 2.05) is 6.92 Å². The van der Waals surface area contributed by atoms with Gasteiger partial charge in [-0.15, -0.1) is 21.5 Å². The number of rotatable bonds is 8. The summed E-state index contributed by atoms with van der Waals surface area (Å²) in [6.07, 6.45) is 6.76. The van der Waals surface area contributed by atoms with Gasteiger partial charge in [-0.2, -0.15) is 0 Å². The van der Waals surface area contributed by atoms with Crippen molar-refractivity contribution >= 4 is 46.3 Å². The van der Waals surface area contributed by atoms with E-state index in [-0.39, 0.29) is 11.2 Å². The van der Waals surface area contributed by atoms with E-state index in [1.165, 1.54) is 35.9 Å². The Balaban J connectivity index is 1.50. The zero-order chi connectivity index (χ0) is 22.5. The molecule has 0 bridgehead atoms. The van der Waals surface area contributed by atoms with Crippen molar-refractivity contribution in [2.24, 2.45) is 0 Å². The third-order valence-corrected chi connectivity index (χ3v) is 7.89. The molecule has 32 heavy (non-hydrogen) atoms. The summed E-state index contributed by atoms with van der Waals surface area (Å²) in [6, 6.07) is 9.81. The summed E-state index contributed by atoms with van der Waals surface area (Å²) in [5.41, 5.74) is 0.639. The minimum Gasteiger partial charge on any atom is -0.495 e. The molecule has 9 heteroatoms. The lowest BCUT2D eigenvalue weighted by molar-refractivity contribution is -0.115. The summed E-state index contributed by atoms with van der Waals surface area (Å²) in [7, 11) is 1.56. The molecule has 0 radical (unpaired) electrons. The van der Waals surface area contributed by atoms with E-state index in [1.54, 1.807) is 36.6 Å². The molecule has 1 N–H and O–H groups in total. The fourth-order valence-electron chi connectivity index (χ4n) is 3.98. The Morgan fingerprint density at radius 2 is 2.12 bits per heavy atom. The number of aromatic nitrogens is 3. The standard InChI is InChI=1S/C23H27ClN4O2S2/c1-15(22(29)25-16-10-11-20(30-2)19(24)13-16)32-23-27-26-21(14-18-9-6-12-31-18)28(23)17-7-4-3-5-8-17/h6,9-13,15,17H,3-5,7-8,14H2,1-2H3,(H,25,29). The summed E-state index contributed by atoms with van der Waals surface area (Å²) in [5, 5.41) is 15.0. The molecule has 0 saturated heterocycles. The van der Waals surface area contributed by atoms with Crippen molar-refractivity contribution in [3.8, 4) is 5.75 Å². The van der Waals surface area contributed by atoms with Gasteiger partial charge in [0.15, 0.2) is 5.16 Å². The number of nitrogens with zero attached hydrogens (tertiary/aromatic N) is 3. The van der Waals surface area contributed by atoms with Gasteiger partial charge in [0.1, 0.15) is 11.6 Å². The molecule has 1 saturated carbocycles. The largest absolute Gasteiger partial charge is 0.495 e. The van der Waals surface area contributed by atoms with Crippen molar-refractivity contribution in [3.05, 3.63) is 51.4 Å². The van der Waals surface area contributed by atoms with Gasteiger partial charge < -0.3 is 14.6 Å². The van der Waals surface area contributed by atoms with Crippen LogP contribution < -0.4 is 10.1 Å². The maximum atomic E-state index is 12.9. The summed E-state index contributed by atoms with van der Waals surface area (Å²) in [4.78, 5) is 14.1. The highest BCUT2D eigenvalue weighted by atomic mass is 35.5. The molecule has 1 aliphatic rings. The Bertz CT molecular complexity index is 1050. The van der Waals surface area contributed by atoms with Gasteiger partial charge in [0.25, 0.3) is 0 Å². The second-order valence-electron chi connectivity index (χ2n) is 7.92. The summed E-state index contributed by atoms with van der Waals surface area (Å²) < 4.78 is 7.47. The molecule has 170 valence electrons. The lowest BCUT2D eigenvalue weighted by Gasteiger charge is -2.26. The molecule has 1 amide bonds. The van der Waals surface area contributed by atoms with E-state index >= 15 is 0 Å². The van der Waals surface area contributed by atoms with Crippen molar-refractivity contribution in [1.29, 1.82) is 0 Å². The van der Waals surface area contributed by atoms with E-state index in [9.17, 15) is 4.79 Å². The Morgan fingerprint density at radius 1 is 1.31 bits per heavy atom. The van der Waals surface area contributed by atoms with Crippen molar-refractivity contribution in [2.75, 3.05) is 12.4 Å². The fraction of sp³-hybridized carbons (Fsp3) is 0.435. The molecule has 4 rings (SSSR count). The van der Waals surface area contributed by atoms with Crippen molar-refractivity contribution in [2.45, 2.75) is 61.9 Å². The molecule has 1 aliphatic carbocycles. The van der Waals surface area contributed by atoms with Crippen LogP contribution in [0.5, 0.6) is 5.75 Å². The number of nitrogens with one attached hydrogen (secondary N) is 1. The van der Waals surface area contributed by atoms with Gasteiger partial charge in [0.05, 0.1) is 17.4 Å². The number of amides is 1. The molecule has 0 aliphatic heterocycles. The van der Waals surface area contributed by atoms with Gasteiger partial charge in [-0.1, -0.05) is 48.7 Å². The number of anilines is 1. The zero-order valence-corrected chi connectivity index (χ0v) is 20.6. The van der Waals surface area contributed by atoms with Crippen LogP contribution in [-0.2, 0) is 11.2 Å². The highest BCUT2D eigenvalue weighted by Gasteiger charge is 2.26. The number of ether oxygens (including phenoxy) is 1. The number of carbonyl (C=O) groups is 1. The Hall–Kier alpha value is -2.03. The van der Waals surface area contributed by atoms with Gasteiger partial charge >= 0.3 is 0 Å². The maximum Gasteiger partial charge on any atom is 0.237 e. The second kappa shape index (κ2) is 10.7. The highest BCUT2D eigenvalue weighted by molar-refractivity contribution is 8.00. The first kappa shape index (κ1) is 23.1. The molecule has 1 unspecified atom stereocenters. The van der Waals surface area contributed by atoms with Gasteiger partial charge in [0.2, 0.25) is 5.91 Å².